The van der Waals surface area contributed by atoms with Gasteiger partial charge >= 0.3 is 11.7 Å². The van der Waals surface area contributed by atoms with E-state index in [1.54, 1.807) is 30.3 Å². The Morgan fingerprint density at radius 1 is 1.20 bits per heavy atom. The molecule has 25 heavy (non-hydrogen) atoms. The van der Waals surface area contributed by atoms with Crippen molar-refractivity contribution >= 4 is 11.7 Å². The summed E-state index contributed by atoms with van der Waals surface area (Å²) >= 11 is 0. The highest BCUT2D eigenvalue weighted by atomic mass is 16.5. The summed E-state index contributed by atoms with van der Waals surface area (Å²) in [7, 11) is 0. The van der Waals surface area contributed by atoms with Crippen LogP contribution in [0, 0.1) is 0 Å². The van der Waals surface area contributed by atoms with Crippen LogP contribution in [0.4, 0.5) is 0 Å². The molecule has 0 heterocycles. The van der Waals surface area contributed by atoms with Gasteiger partial charge in [0.1, 0.15) is 12.2 Å². The quantitative estimate of drug-likeness (QED) is 0.339. The minimum Gasteiger partial charge on any atom is -0.495 e. The van der Waals surface area contributed by atoms with E-state index in [1.165, 1.54) is 0 Å². The first-order valence-corrected chi connectivity index (χ1v) is 8.07. The van der Waals surface area contributed by atoms with Crippen molar-refractivity contribution in [3.63, 3.8) is 0 Å². The monoisotopic (exact) mass is 343 g/mol. The largest absolute Gasteiger partial charge is 0.495 e. The molecule has 7 heteroatoms. The number of benzene rings is 1. The van der Waals surface area contributed by atoms with Crippen LogP contribution < -0.4 is 5.32 Å². The number of carbonyl (C=O) groups is 1. The molecule has 7 nitrogen and oxygen atoms in total. The molecule has 1 aromatic rings. The Labute approximate surface area is 146 Å². The van der Waals surface area contributed by atoms with Crippen molar-refractivity contribution in [1.29, 1.82) is 0 Å². The number of hydrogen-bond acceptors (Lipinski definition) is 5. The third-order valence-corrected chi connectivity index (χ3v) is 3.40. The van der Waals surface area contributed by atoms with Gasteiger partial charge in [-0.15, -0.1) is 0 Å². The summed E-state index contributed by atoms with van der Waals surface area (Å²) < 4.78 is 16.3. The molecule has 0 amide bonds. The molecule has 0 atom stereocenters. The molecule has 1 aliphatic carbocycles. The van der Waals surface area contributed by atoms with Crippen molar-refractivity contribution in [3.8, 4) is 0 Å². The van der Waals surface area contributed by atoms with E-state index in [2.05, 4.69) is 10.1 Å². The minimum absolute atomic E-state index is 0.0266. The van der Waals surface area contributed by atoms with E-state index in [1.807, 2.05) is 19.9 Å². The van der Waals surface area contributed by atoms with E-state index in [0.29, 0.717) is 41.7 Å². The molecule has 0 bridgehead atoms. The highest BCUT2D eigenvalue weighted by molar-refractivity contribution is 5.97. The second-order valence-electron chi connectivity index (χ2n) is 5.05. The number of allylic oxidation sites excluding steroid dienone is 3. The summed E-state index contributed by atoms with van der Waals surface area (Å²) in [4.78, 5) is 15.2. The third-order valence-electron chi connectivity index (χ3n) is 3.40. The van der Waals surface area contributed by atoms with Crippen molar-refractivity contribution in [1.82, 2.24) is 5.32 Å². The van der Waals surface area contributed by atoms with Crippen LogP contribution in [0.15, 0.2) is 53.6 Å². The fourth-order valence-corrected chi connectivity index (χ4v) is 2.28. The fraction of sp³-hybridized carbons (Fsp3) is 0.333. The molecule has 0 spiro atoms. The third kappa shape index (κ3) is 4.96. The van der Waals surface area contributed by atoms with Crippen LogP contribution in [0.3, 0.4) is 0 Å². The van der Waals surface area contributed by atoms with Gasteiger partial charge in [0.15, 0.2) is 6.73 Å². The molecular weight excluding hydrogens is 322 g/mol. The van der Waals surface area contributed by atoms with Crippen LogP contribution in [-0.2, 0) is 14.2 Å². The molecule has 0 saturated heterocycles. The fourth-order valence-electron chi connectivity index (χ4n) is 2.28. The van der Waals surface area contributed by atoms with Crippen LogP contribution in [0.5, 0.6) is 0 Å². The first-order chi connectivity index (χ1) is 12.2. The number of nitrogens with one attached hydrogen (secondary N) is 1. The summed E-state index contributed by atoms with van der Waals surface area (Å²) in [5.74, 6) is 0.619. The van der Waals surface area contributed by atoms with E-state index in [-0.39, 0.29) is 13.2 Å². The van der Waals surface area contributed by atoms with Gasteiger partial charge in [0.05, 0.1) is 24.5 Å². The van der Waals surface area contributed by atoms with Crippen LogP contribution in [0.1, 0.15) is 30.6 Å². The van der Waals surface area contributed by atoms with E-state index < -0.39 is 5.97 Å². The van der Waals surface area contributed by atoms with Gasteiger partial charge in [-0.2, -0.15) is 4.79 Å². The lowest BCUT2D eigenvalue weighted by Gasteiger charge is -2.19. The summed E-state index contributed by atoms with van der Waals surface area (Å²) in [6.07, 6.45) is 1.95. The van der Waals surface area contributed by atoms with Crippen molar-refractivity contribution < 1.29 is 23.8 Å². The lowest BCUT2D eigenvalue weighted by atomic mass is 10.1. The van der Waals surface area contributed by atoms with Gasteiger partial charge in [-0.05, 0) is 26.0 Å². The molecular formula is C18H21N3O4. The molecule has 0 unspecified atom stereocenters. The summed E-state index contributed by atoms with van der Waals surface area (Å²) in [6.45, 7) is 4.57. The Morgan fingerprint density at radius 3 is 2.56 bits per heavy atom. The molecule has 1 N–H and O–H groups in total. The predicted molar refractivity (Wildman–Crippen MR) is 91.5 cm³/mol. The van der Waals surface area contributed by atoms with E-state index in [0.717, 1.165) is 0 Å². The lowest BCUT2D eigenvalue weighted by molar-refractivity contribution is -0.0136. The van der Waals surface area contributed by atoms with E-state index >= 15 is 0 Å². The zero-order valence-electron chi connectivity index (χ0n) is 14.3. The van der Waals surface area contributed by atoms with Gasteiger partial charge in [0.2, 0.25) is 5.76 Å². The zero-order valence-corrected chi connectivity index (χ0v) is 14.3. The molecule has 2 rings (SSSR count). The van der Waals surface area contributed by atoms with E-state index in [9.17, 15) is 4.79 Å². The summed E-state index contributed by atoms with van der Waals surface area (Å²) in [5.41, 5.74) is 10.6. The van der Waals surface area contributed by atoms with Crippen LogP contribution >= 0.6 is 0 Å². The normalized spacial score (nSPS) is 13.7. The maximum atomic E-state index is 12.0. The molecule has 0 aromatic heterocycles. The Balaban J connectivity index is 2.06. The Morgan fingerprint density at radius 2 is 1.92 bits per heavy atom. The number of esters is 1. The van der Waals surface area contributed by atoms with Gasteiger partial charge in [0, 0.05) is 6.08 Å². The van der Waals surface area contributed by atoms with Gasteiger partial charge in [-0.25, -0.2) is 4.79 Å². The molecule has 1 aromatic carbocycles. The highest BCUT2D eigenvalue weighted by Gasteiger charge is 2.27. The average Bonchev–Trinajstić information content (AvgIpc) is 2.64. The lowest BCUT2D eigenvalue weighted by Crippen LogP contribution is -2.26. The molecule has 0 aliphatic heterocycles. The molecule has 0 radical (unpaired) electrons. The molecule has 1 aliphatic rings. The van der Waals surface area contributed by atoms with Crippen LogP contribution in [-0.4, -0.2) is 36.4 Å². The second kappa shape index (κ2) is 9.30. The Hall–Kier alpha value is -3.05. The van der Waals surface area contributed by atoms with Crippen molar-refractivity contribution in [2.45, 2.75) is 20.3 Å². The maximum Gasteiger partial charge on any atom is 0.341 e. The minimum atomic E-state index is -0.422. The standard InChI is InChI=1S/C18H21N3O4/c1-3-23-16-11-15(21-19)17(24-4-2)10-14(16)20-12-25-18(22)13-8-6-5-7-9-13/h5-10,20H,3-4,11-12H2,1-2H3. The topological polar surface area (TPSA) is 93.2 Å². The maximum absolute atomic E-state index is 12.0. The number of carbonyl (C=O) groups excluding carboxylic acids is 1. The Kier molecular flexibility index (Phi) is 6.80. The molecule has 0 fully saturated rings. The second-order valence-corrected chi connectivity index (χ2v) is 5.05. The van der Waals surface area contributed by atoms with Crippen LogP contribution in [0.25, 0.3) is 5.53 Å². The number of ether oxygens (including phenoxy) is 3. The van der Waals surface area contributed by atoms with Crippen LogP contribution in [0.2, 0.25) is 0 Å². The first-order valence-electron chi connectivity index (χ1n) is 8.07. The summed E-state index contributed by atoms with van der Waals surface area (Å²) in [6, 6.07) is 8.74. The summed E-state index contributed by atoms with van der Waals surface area (Å²) in [5, 5.41) is 3.01. The predicted octanol–water partition coefficient (Wildman–Crippen LogP) is 2.63. The van der Waals surface area contributed by atoms with Crippen molar-refractivity contribution in [2.75, 3.05) is 19.9 Å². The molecule has 0 saturated carbocycles. The zero-order chi connectivity index (χ0) is 18.1. The SMILES string of the molecule is CCOC1=CC(NCOC(=O)c2ccccc2)=C(OCC)CC1=[N+]=[N-]. The van der Waals surface area contributed by atoms with E-state index in [4.69, 9.17) is 19.7 Å². The highest BCUT2D eigenvalue weighted by Crippen LogP contribution is 2.21. The molecule has 132 valence electrons. The van der Waals surface area contributed by atoms with Gasteiger partial charge in [0.25, 0.3) is 0 Å². The van der Waals surface area contributed by atoms with Gasteiger partial charge in [-0.3, -0.25) is 0 Å². The van der Waals surface area contributed by atoms with Crippen molar-refractivity contribution in [2.24, 2.45) is 0 Å². The first kappa shape index (κ1) is 18.3. The smallest absolute Gasteiger partial charge is 0.341 e. The Bertz CT molecular complexity index is 719. The van der Waals surface area contributed by atoms with Gasteiger partial charge in [-0.1, -0.05) is 18.2 Å². The van der Waals surface area contributed by atoms with Crippen molar-refractivity contribution in [3.05, 3.63) is 64.7 Å². The number of rotatable bonds is 8. The number of hydrogen-bond donors (Lipinski definition) is 1. The number of nitrogens with zero attached hydrogens (tertiary/aromatic N) is 2. The average molecular weight is 343 g/mol. The van der Waals surface area contributed by atoms with Gasteiger partial charge < -0.3 is 25.1 Å².